The van der Waals surface area contributed by atoms with Gasteiger partial charge in [0.2, 0.25) is 0 Å². The van der Waals surface area contributed by atoms with Gasteiger partial charge in [0, 0.05) is 31.4 Å². The van der Waals surface area contributed by atoms with Gasteiger partial charge in [-0.05, 0) is 23.8 Å². The van der Waals surface area contributed by atoms with Gasteiger partial charge in [-0.3, -0.25) is 14.6 Å². The lowest BCUT2D eigenvalue weighted by Crippen LogP contribution is -2.30. The highest BCUT2D eigenvalue weighted by Gasteiger charge is 2.41. The number of nitrogens with zero attached hydrogens (tertiary/aromatic N) is 5. The van der Waals surface area contributed by atoms with Crippen molar-refractivity contribution in [2.75, 3.05) is 13.1 Å². The summed E-state index contributed by atoms with van der Waals surface area (Å²) in [7, 11) is 0. The van der Waals surface area contributed by atoms with Gasteiger partial charge in [-0.25, -0.2) is 9.67 Å². The smallest absolute Gasteiger partial charge is 0.308 e. The van der Waals surface area contributed by atoms with Crippen LogP contribution in [0.1, 0.15) is 21.8 Å². The van der Waals surface area contributed by atoms with E-state index in [2.05, 4.69) is 15.1 Å². The summed E-state index contributed by atoms with van der Waals surface area (Å²) in [4.78, 5) is 34.5. The van der Waals surface area contributed by atoms with Gasteiger partial charge in [0.25, 0.3) is 5.91 Å². The second-order valence-electron chi connectivity index (χ2n) is 6.40. The SMILES string of the molecule is O=C(O)[C@@H]1CN(C(=O)c2ccccc2-n2cncn2)C[C@H]1c1cccnc1. The Bertz CT molecular complexity index is 958. The van der Waals surface area contributed by atoms with Crippen molar-refractivity contribution in [2.45, 2.75) is 5.92 Å². The van der Waals surface area contributed by atoms with Gasteiger partial charge in [-0.1, -0.05) is 18.2 Å². The van der Waals surface area contributed by atoms with Gasteiger partial charge in [0.05, 0.1) is 17.2 Å². The van der Waals surface area contributed by atoms with Crippen molar-refractivity contribution in [3.8, 4) is 5.69 Å². The van der Waals surface area contributed by atoms with E-state index in [0.717, 1.165) is 5.56 Å². The Morgan fingerprint density at radius 3 is 2.63 bits per heavy atom. The zero-order valence-electron chi connectivity index (χ0n) is 14.3. The highest BCUT2D eigenvalue weighted by Crippen LogP contribution is 2.33. The molecule has 2 atom stereocenters. The van der Waals surface area contributed by atoms with Crippen LogP contribution in [0.5, 0.6) is 0 Å². The van der Waals surface area contributed by atoms with Gasteiger partial charge in [0.1, 0.15) is 12.7 Å². The summed E-state index contributed by atoms with van der Waals surface area (Å²) in [6.45, 7) is 0.479. The maximum absolute atomic E-state index is 13.2. The molecule has 1 fully saturated rings. The van der Waals surface area contributed by atoms with Gasteiger partial charge in [-0.2, -0.15) is 5.10 Å². The summed E-state index contributed by atoms with van der Waals surface area (Å²) in [5, 5.41) is 13.7. The molecule has 0 aliphatic carbocycles. The highest BCUT2D eigenvalue weighted by atomic mass is 16.4. The fourth-order valence-corrected chi connectivity index (χ4v) is 3.51. The average molecular weight is 363 g/mol. The Morgan fingerprint density at radius 1 is 1.07 bits per heavy atom. The van der Waals surface area contributed by atoms with E-state index in [1.54, 1.807) is 41.6 Å². The van der Waals surface area contributed by atoms with Gasteiger partial charge in [-0.15, -0.1) is 0 Å². The van der Waals surface area contributed by atoms with Crippen LogP contribution < -0.4 is 0 Å². The van der Waals surface area contributed by atoms with Crippen molar-refractivity contribution in [3.05, 3.63) is 72.6 Å². The number of aliphatic carboxylic acids is 1. The molecular formula is C19H17N5O3. The molecular weight excluding hydrogens is 346 g/mol. The summed E-state index contributed by atoms with van der Waals surface area (Å²) in [5.41, 5.74) is 1.89. The predicted octanol–water partition coefficient (Wildman–Crippen LogP) is 1.60. The second kappa shape index (κ2) is 6.99. The molecule has 136 valence electrons. The van der Waals surface area contributed by atoms with Gasteiger partial charge < -0.3 is 10.0 Å². The first-order chi connectivity index (χ1) is 13.1. The number of benzene rings is 1. The minimum Gasteiger partial charge on any atom is -0.481 e. The molecule has 0 bridgehead atoms. The van der Waals surface area contributed by atoms with E-state index in [1.165, 1.54) is 17.3 Å². The third kappa shape index (κ3) is 3.17. The number of carboxylic acid groups (broad SMARTS) is 1. The van der Waals surface area contributed by atoms with Crippen molar-refractivity contribution in [1.82, 2.24) is 24.6 Å². The third-order valence-corrected chi connectivity index (χ3v) is 4.84. The number of hydrogen-bond acceptors (Lipinski definition) is 5. The van der Waals surface area contributed by atoms with Crippen molar-refractivity contribution in [2.24, 2.45) is 5.92 Å². The standard InChI is InChI=1S/C19H17N5O3/c25-18(14-5-1-2-6-17(14)24-12-21-11-22-24)23-9-15(16(10-23)19(26)27)13-4-3-7-20-8-13/h1-8,11-12,15-16H,9-10H2,(H,26,27)/t15-,16+/m0/s1. The maximum atomic E-state index is 13.2. The molecule has 0 spiro atoms. The molecule has 3 heterocycles. The first-order valence-electron chi connectivity index (χ1n) is 8.51. The number of para-hydroxylation sites is 1. The Labute approximate surface area is 155 Å². The Kier molecular flexibility index (Phi) is 4.37. The largest absolute Gasteiger partial charge is 0.481 e. The summed E-state index contributed by atoms with van der Waals surface area (Å²) >= 11 is 0. The average Bonchev–Trinajstić information content (AvgIpc) is 3.38. The van der Waals surface area contributed by atoms with Gasteiger partial charge in [0.15, 0.2) is 0 Å². The molecule has 3 aromatic rings. The third-order valence-electron chi connectivity index (χ3n) is 4.84. The minimum absolute atomic E-state index is 0.152. The quantitative estimate of drug-likeness (QED) is 0.756. The van der Waals surface area contributed by atoms with Crippen LogP contribution in [0.2, 0.25) is 0 Å². The maximum Gasteiger partial charge on any atom is 0.308 e. The number of amides is 1. The fourth-order valence-electron chi connectivity index (χ4n) is 3.51. The molecule has 1 amide bonds. The number of aromatic nitrogens is 4. The van der Waals surface area contributed by atoms with E-state index in [0.29, 0.717) is 17.8 Å². The first kappa shape index (κ1) is 16.9. The predicted molar refractivity (Wildman–Crippen MR) is 95.4 cm³/mol. The molecule has 1 saturated heterocycles. The van der Waals surface area contributed by atoms with E-state index < -0.39 is 11.9 Å². The van der Waals surface area contributed by atoms with E-state index in [-0.39, 0.29) is 18.4 Å². The van der Waals surface area contributed by atoms with E-state index in [1.807, 2.05) is 12.1 Å². The van der Waals surface area contributed by atoms with Crippen LogP contribution in [0, 0.1) is 5.92 Å². The Hall–Kier alpha value is -3.55. The van der Waals surface area contributed by atoms with Gasteiger partial charge >= 0.3 is 5.97 Å². The summed E-state index contributed by atoms with van der Waals surface area (Å²) in [6, 6.07) is 10.7. The van der Waals surface area contributed by atoms with Crippen LogP contribution in [0.4, 0.5) is 0 Å². The summed E-state index contributed by atoms with van der Waals surface area (Å²) < 4.78 is 1.52. The molecule has 0 radical (unpaired) electrons. The van der Waals surface area contributed by atoms with E-state index in [9.17, 15) is 14.7 Å². The molecule has 1 N–H and O–H groups in total. The molecule has 1 aliphatic heterocycles. The molecule has 0 unspecified atom stereocenters. The highest BCUT2D eigenvalue weighted by molar-refractivity contribution is 5.98. The second-order valence-corrected chi connectivity index (χ2v) is 6.40. The zero-order chi connectivity index (χ0) is 18.8. The van der Waals surface area contributed by atoms with Crippen LogP contribution in [-0.2, 0) is 4.79 Å². The van der Waals surface area contributed by atoms with Crippen LogP contribution >= 0.6 is 0 Å². The number of likely N-dealkylation sites (tertiary alicyclic amines) is 1. The van der Waals surface area contributed by atoms with Crippen LogP contribution in [0.15, 0.2) is 61.4 Å². The number of pyridine rings is 1. The van der Waals surface area contributed by atoms with E-state index in [4.69, 9.17) is 0 Å². The van der Waals surface area contributed by atoms with Crippen LogP contribution in [0.25, 0.3) is 5.69 Å². The molecule has 4 rings (SSSR count). The molecule has 8 heteroatoms. The molecule has 27 heavy (non-hydrogen) atoms. The molecule has 2 aromatic heterocycles. The van der Waals surface area contributed by atoms with Crippen LogP contribution in [-0.4, -0.2) is 54.7 Å². The lowest BCUT2D eigenvalue weighted by atomic mass is 9.90. The van der Waals surface area contributed by atoms with Crippen molar-refractivity contribution >= 4 is 11.9 Å². The Balaban J connectivity index is 1.65. The monoisotopic (exact) mass is 363 g/mol. The Morgan fingerprint density at radius 2 is 1.93 bits per heavy atom. The number of carboxylic acids is 1. The first-order valence-corrected chi connectivity index (χ1v) is 8.51. The van der Waals surface area contributed by atoms with Crippen molar-refractivity contribution in [1.29, 1.82) is 0 Å². The summed E-state index contributed by atoms with van der Waals surface area (Å²) in [5.74, 6) is -2.10. The minimum atomic E-state index is -0.913. The topological polar surface area (TPSA) is 101 Å². The summed E-state index contributed by atoms with van der Waals surface area (Å²) in [6.07, 6.45) is 6.23. The molecule has 1 aromatic carbocycles. The molecule has 1 aliphatic rings. The zero-order valence-corrected chi connectivity index (χ0v) is 14.3. The van der Waals surface area contributed by atoms with Crippen LogP contribution in [0.3, 0.4) is 0 Å². The lowest BCUT2D eigenvalue weighted by Gasteiger charge is -2.18. The number of hydrogen-bond donors (Lipinski definition) is 1. The number of carbonyl (C=O) groups is 2. The van der Waals surface area contributed by atoms with Crippen molar-refractivity contribution < 1.29 is 14.7 Å². The molecule has 0 saturated carbocycles. The fraction of sp³-hybridized carbons (Fsp3) is 0.211. The van der Waals surface area contributed by atoms with Crippen molar-refractivity contribution in [3.63, 3.8) is 0 Å². The normalized spacial score (nSPS) is 19.2. The van der Waals surface area contributed by atoms with E-state index >= 15 is 0 Å². The number of rotatable bonds is 4. The lowest BCUT2D eigenvalue weighted by molar-refractivity contribution is -0.141. The number of carbonyl (C=O) groups excluding carboxylic acids is 1. The molecule has 8 nitrogen and oxygen atoms in total.